The number of hydrogen-bond acceptors (Lipinski definition) is 6. The summed E-state index contributed by atoms with van der Waals surface area (Å²) >= 11 is 0. The monoisotopic (exact) mass is 480 g/mol. The molecule has 1 heterocycles. The normalized spacial score (nSPS) is 16.0. The molecule has 0 aliphatic carbocycles. The first-order valence-electron chi connectivity index (χ1n) is 12.1. The lowest BCUT2D eigenvalue weighted by molar-refractivity contribution is -0.142. The molecule has 2 aromatic carbocycles. The fourth-order valence-electron chi connectivity index (χ4n) is 3.83. The van der Waals surface area contributed by atoms with Gasteiger partial charge < -0.3 is 19.5 Å². The Hall–Kier alpha value is -2.97. The first kappa shape index (κ1) is 26.6. The standard InChI is InChI=1S/C27H37BN2O5/c1-9-30(10-2)22-14-15-23(19(3)4)24(17-22)32-33-25(31)29-18-20-12-11-13-21(16-20)28-34-26(5,6)27(7,8)35-28/h11-17H,3,9-10,18H2,1-2,4-8H3,(H,29,31). The number of anilines is 1. The highest BCUT2D eigenvalue weighted by Gasteiger charge is 2.51. The number of rotatable bonds is 9. The molecule has 8 heteroatoms. The first-order chi connectivity index (χ1) is 16.5. The zero-order valence-corrected chi connectivity index (χ0v) is 21.9. The lowest BCUT2D eigenvalue weighted by atomic mass is 9.78. The van der Waals surface area contributed by atoms with Crippen LogP contribution in [0.2, 0.25) is 0 Å². The third-order valence-corrected chi connectivity index (χ3v) is 6.67. The molecule has 0 radical (unpaired) electrons. The van der Waals surface area contributed by atoms with E-state index in [4.69, 9.17) is 19.1 Å². The molecule has 1 aliphatic heterocycles. The molecule has 7 nitrogen and oxygen atoms in total. The highest BCUT2D eigenvalue weighted by molar-refractivity contribution is 6.62. The van der Waals surface area contributed by atoms with Crippen molar-refractivity contribution in [3.63, 3.8) is 0 Å². The summed E-state index contributed by atoms with van der Waals surface area (Å²) < 4.78 is 12.3. The molecule has 2 aromatic rings. The van der Waals surface area contributed by atoms with E-state index in [0.29, 0.717) is 5.75 Å². The number of allylic oxidation sites excluding steroid dienone is 1. The van der Waals surface area contributed by atoms with Crippen molar-refractivity contribution in [3.8, 4) is 5.75 Å². The summed E-state index contributed by atoms with van der Waals surface area (Å²) in [7, 11) is -0.464. The van der Waals surface area contributed by atoms with Crippen LogP contribution < -0.4 is 20.6 Å². The molecule has 1 saturated heterocycles. The predicted octanol–water partition coefficient (Wildman–Crippen LogP) is 5.09. The topological polar surface area (TPSA) is 69.3 Å². The summed E-state index contributed by atoms with van der Waals surface area (Å²) in [5, 5.41) is 2.73. The smallest absolute Gasteiger partial charge is 0.399 e. The number of carbonyl (C=O) groups is 1. The van der Waals surface area contributed by atoms with Gasteiger partial charge in [0.05, 0.1) is 11.2 Å². The molecule has 1 fully saturated rings. The van der Waals surface area contributed by atoms with Crippen LogP contribution in [0.25, 0.3) is 5.57 Å². The quantitative estimate of drug-likeness (QED) is 0.307. The van der Waals surface area contributed by atoms with Gasteiger partial charge in [-0.25, -0.2) is 9.68 Å². The highest BCUT2D eigenvalue weighted by atomic mass is 17.2. The number of carbonyl (C=O) groups excluding carboxylic acids is 1. The van der Waals surface area contributed by atoms with E-state index in [-0.39, 0.29) is 6.54 Å². The molecular weight excluding hydrogens is 443 g/mol. The van der Waals surface area contributed by atoms with Gasteiger partial charge >= 0.3 is 13.2 Å². The molecule has 1 N–H and O–H groups in total. The number of hydrogen-bond donors (Lipinski definition) is 1. The highest BCUT2D eigenvalue weighted by Crippen LogP contribution is 2.36. The molecule has 1 amide bonds. The molecule has 0 aromatic heterocycles. The van der Waals surface area contributed by atoms with Gasteiger partial charge in [0.25, 0.3) is 0 Å². The predicted molar refractivity (Wildman–Crippen MR) is 141 cm³/mol. The van der Waals surface area contributed by atoms with Gasteiger partial charge in [-0.2, -0.15) is 0 Å². The van der Waals surface area contributed by atoms with E-state index in [1.165, 1.54) is 0 Å². The van der Waals surface area contributed by atoms with Crippen molar-refractivity contribution in [1.82, 2.24) is 5.32 Å². The van der Waals surface area contributed by atoms with Crippen molar-refractivity contribution in [2.24, 2.45) is 0 Å². The molecule has 0 spiro atoms. The number of amides is 1. The number of benzene rings is 2. The maximum absolute atomic E-state index is 12.4. The summed E-state index contributed by atoms with van der Waals surface area (Å²) in [5.41, 5.74) is 3.53. The molecule has 188 valence electrons. The Morgan fingerprint density at radius 3 is 2.31 bits per heavy atom. The van der Waals surface area contributed by atoms with Crippen LogP contribution in [0.1, 0.15) is 59.6 Å². The van der Waals surface area contributed by atoms with Gasteiger partial charge in [0.1, 0.15) is 0 Å². The fraction of sp³-hybridized carbons (Fsp3) is 0.444. The summed E-state index contributed by atoms with van der Waals surface area (Å²) in [6.45, 7) is 20.1. The van der Waals surface area contributed by atoms with Crippen LogP contribution in [-0.4, -0.2) is 37.5 Å². The summed E-state index contributed by atoms with van der Waals surface area (Å²) in [6, 6.07) is 13.5. The van der Waals surface area contributed by atoms with Gasteiger partial charge in [0, 0.05) is 37.0 Å². The molecule has 3 rings (SSSR count). The van der Waals surface area contributed by atoms with Crippen LogP contribution in [0.3, 0.4) is 0 Å². The lowest BCUT2D eigenvalue weighted by Gasteiger charge is -2.32. The zero-order valence-electron chi connectivity index (χ0n) is 21.9. The summed E-state index contributed by atoms with van der Waals surface area (Å²) in [6.07, 6.45) is -0.688. The number of nitrogens with zero attached hydrogens (tertiary/aromatic N) is 1. The summed E-state index contributed by atoms with van der Waals surface area (Å²) in [5.74, 6) is 0.444. The van der Waals surface area contributed by atoms with Crippen LogP contribution in [0.5, 0.6) is 5.75 Å². The van der Waals surface area contributed by atoms with Crippen molar-refractivity contribution in [3.05, 3.63) is 60.2 Å². The van der Waals surface area contributed by atoms with Crippen LogP contribution in [-0.2, 0) is 20.7 Å². The Labute approximate surface area is 209 Å². The van der Waals surface area contributed by atoms with E-state index in [1.807, 2.05) is 77.1 Å². The molecule has 0 bridgehead atoms. The van der Waals surface area contributed by atoms with Crippen LogP contribution in [0.4, 0.5) is 10.5 Å². The Bertz CT molecular complexity index is 1050. The van der Waals surface area contributed by atoms with Crippen molar-refractivity contribution in [1.29, 1.82) is 0 Å². The Morgan fingerprint density at radius 1 is 1.06 bits per heavy atom. The molecular formula is C27H37BN2O5. The van der Waals surface area contributed by atoms with E-state index >= 15 is 0 Å². The third-order valence-electron chi connectivity index (χ3n) is 6.67. The summed E-state index contributed by atoms with van der Waals surface area (Å²) in [4.78, 5) is 25.1. The second kappa shape index (κ2) is 10.7. The molecule has 35 heavy (non-hydrogen) atoms. The van der Waals surface area contributed by atoms with Crippen molar-refractivity contribution >= 4 is 29.9 Å². The van der Waals surface area contributed by atoms with Gasteiger partial charge in [-0.05, 0) is 77.2 Å². The van der Waals surface area contributed by atoms with Crippen LogP contribution in [0, 0.1) is 0 Å². The second-order valence-electron chi connectivity index (χ2n) is 9.77. The average molecular weight is 480 g/mol. The van der Waals surface area contributed by atoms with Gasteiger partial charge in [0.2, 0.25) is 0 Å². The minimum absolute atomic E-state index is 0.266. The van der Waals surface area contributed by atoms with Gasteiger partial charge in [-0.15, -0.1) is 0 Å². The van der Waals surface area contributed by atoms with E-state index in [9.17, 15) is 4.79 Å². The minimum Gasteiger partial charge on any atom is -0.399 e. The maximum Gasteiger partial charge on any atom is 0.494 e. The van der Waals surface area contributed by atoms with Crippen LogP contribution >= 0.6 is 0 Å². The van der Waals surface area contributed by atoms with E-state index < -0.39 is 24.4 Å². The third kappa shape index (κ3) is 6.19. The molecule has 1 aliphatic rings. The van der Waals surface area contributed by atoms with Gasteiger partial charge in [0.15, 0.2) is 5.75 Å². The van der Waals surface area contributed by atoms with Crippen molar-refractivity contribution in [2.75, 3.05) is 18.0 Å². The molecule has 0 unspecified atom stereocenters. The zero-order chi connectivity index (χ0) is 25.8. The maximum atomic E-state index is 12.4. The second-order valence-corrected chi connectivity index (χ2v) is 9.77. The molecule has 0 saturated carbocycles. The van der Waals surface area contributed by atoms with Gasteiger partial charge in [-0.3, -0.25) is 4.89 Å². The number of nitrogens with one attached hydrogen (secondary N) is 1. The Morgan fingerprint density at radius 2 is 1.71 bits per heavy atom. The van der Waals surface area contributed by atoms with Gasteiger partial charge in [-0.1, -0.05) is 30.8 Å². The van der Waals surface area contributed by atoms with E-state index in [0.717, 1.165) is 40.9 Å². The molecule has 0 atom stereocenters. The van der Waals surface area contributed by atoms with Crippen molar-refractivity contribution < 1.29 is 23.9 Å². The fourth-order valence-corrected chi connectivity index (χ4v) is 3.83. The van der Waals surface area contributed by atoms with Crippen LogP contribution in [0.15, 0.2) is 49.0 Å². The Kier molecular flexibility index (Phi) is 8.18. The average Bonchev–Trinajstić information content (AvgIpc) is 3.04. The van der Waals surface area contributed by atoms with Crippen molar-refractivity contribution in [2.45, 2.75) is 66.2 Å². The first-order valence-corrected chi connectivity index (χ1v) is 12.1. The SMILES string of the molecule is C=C(C)c1ccc(N(CC)CC)cc1OOC(=O)NCc1cccc(B2OC(C)(C)C(C)(C)O2)c1. The van der Waals surface area contributed by atoms with E-state index in [1.54, 1.807) is 0 Å². The lowest BCUT2D eigenvalue weighted by Crippen LogP contribution is -2.41. The van der Waals surface area contributed by atoms with E-state index in [2.05, 4.69) is 30.6 Å². The largest absolute Gasteiger partial charge is 0.494 e. The Balaban J connectivity index is 1.61. The minimum atomic E-state index is -0.688.